The SMILES string of the molecule is Cc1cc(C)n(Cc2cccc(C(=O)N3CCOC4C[C@H](CO)C[C@@H]43)c2)n1. The molecule has 1 amide bonds. The molecule has 0 radical (unpaired) electrons. The number of amides is 1. The third-order valence-electron chi connectivity index (χ3n) is 5.76. The van der Waals surface area contributed by atoms with Crippen molar-refractivity contribution in [1.29, 1.82) is 0 Å². The van der Waals surface area contributed by atoms with Crippen LogP contribution in [0.5, 0.6) is 0 Å². The van der Waals surface area contributed by atoms with Gasteiger partial charge in [0.25, 0.3) is 5.91 Å². The van der Waals surface area contributed by atoms with Gasteiger partial charge >= 0.3 is 0 Å². The van der Waals surface area contributed by atoms with Gasteiger partial charge in [-0.1, -0.05) is 12.1 Å². The van der Waals surface area contributed by atoms with Gasteiger partial charge in [0.05, 0.1) is 31.0 Å². The number of hydrogen-bond donors (Lipinski definition) is 1. The zero-order chi connectivity index (χ0) is 19.0. The molecule has 4 rings (SSSR count). The van der Waals surface area contributed by atoms with Crippen LogP contribution >= 0.6 is 0 Å². The molecule has 6 heteroatoms. The Balaban J connectivity index is 1.53. The van der Waals surface area contributed by atoms with Gasteiger partial charge in [0.15, 0.2) is 0 Å². The van der Waals surface area contributed by atoms with Crippen molar-refractivity contribution in [3.63, 3.8) is 0 Å². The minimum absolute atomic E-state index is 0.0535. The molecule has 1 saturated heterocycles. The van der Waals surface area contributed by atoms with Gasteiger partial charge in [-0.25, -0.2) is 0 Å². The van der Waals surface area contributed by atoms with Crippen LogP contribution in [0.1, 0.15) is 40.2 Å². The molecule has 2 fully saturated rings. The number of carbonyl (C=O) groups excluding carboxylic acids is 1. The maximum Gasteiger partial charge on any atom is 0.254 e. The summed E-state index contributed by atoms with van der Waals surface area (Å²) in [5, 5.41) is 14.0. The highest BCUT2D eigenvalue weighted by molar-refractivity contribution is 5.94. The number of nitrogens with zero attached hydrogens (tertiary/aromatic N) is 3. The minimum atomic E-state index is 0.0535. The Morgan fingerprint density at radius 3 is 2.89 bits per heavy atom. The average Bonchev–Trinajstić information content (AvgIpc) is 3.23. The van der Waals surface area contributed by atoms with E-state index in [1.807, 2.05) is 47.7 Å². The van der Waals surface area contributed by atoms with E-state index in [0.29, 0.717) is 25.3 Å². The third kappa shape index (κ3) is 3.64. The van der Waals surface area contributed by atoms with E-state index >= 15 is 0 Å². The molecule has 27 heavy (non-hydrogen) atoms. The first kappa shape index (κ1) is 18.2. The molecule has 0 bridgehead atoms. The Labute approximate surface area is 159 Å². The van der Waals surface area contributed by atoms with E-state index in [0.717, 1.165) is 29.8 Å². The fraction of sp³-hybridized carbons (Fsp3) is 0.524. The molecule has 1 unspecified atom stereocenters. The van der Waals surface area contributed by atoms with Gasteiger partial charge in [-0.15, -0.1) is 0 Å². The normalized spacial score (nSPS) is 24.9. The number of morpholine rings is 1. The van der Waals surface area contributed by atoms with Crippen molar-refractivity contribution >= 4 is 5.91 Å². The Bertz CT molecular complexity index is 832. The van der Waals surface area contributed by atoms with Crippen molar-refractivity contribution in [2.24, 2.45) is 5.92 Å². The van der Waals surface area contributed by atoms with Gasteiger partial charge < -0.3 is 14.7 Å². The van der Waals surface area contributed by atoms with E-state index in [4.69, 9.17) is 4.74 Å². The third-order valence-corrected chi connectivity index (χ3v) is 5.76. The highest BCUT2D eigenvalue weighted by Crippen LogP contribution is 2.34. The molecule has 1 N–H and O–H groups in total. The number of carbonyl (C=O) groups is 1. The first-order valence-corrected chi connectivity index (χ1v) is 9.68. The second-order valence-electron chi connectivity index (χ2n) is 7.78. The fourth-order valence-corrected chi connectivity index (χ4v) is 4.43. The monoisotopic (exact) mass is 369 g/mol. The predicted octanol–water partition coefficient (Wildman–Crippen LogP) is 2.16. The molecule has 6 nitrogen and oxygen atoms in total. The van der Waals surface area contributed by atoms with Gasteiger partial charge in [-0.2, -0.15) is 5.10 Å². The Morgan fingerprint density at radius 2 is 2.15 bits per heavy atom. The first-order chi connectivity index (χ1) is 13.0. The van der Waals surface area contributed by atoms with Gasteiger partial charge in [-0.3, -0.25) is 9.48 Å². The lowest BCUT2D eigenvalue weighted by atomic mass is 10.1. The van der Waals surface area contributed by atoms with E-state index in [9.17, 15) is 9.90 Å². The number of benzene rings is 1. The van der Waals surface area contributed by atoms with Crippen LogP contribution in [0.15, 0.2) is 30.3 Å². The second kappa shape index (κ2) is 7.44. The van der Waals surface area contributed by atoms with Gasteiger partial charge in [-0.05, 0) is 56.4 Å². The zero-order valence-corrected chi connectivity index (χ0v) is 16.0. The molecular weight excluding hydrogens is 342 g/mol. The summed E-state index contributed by atoms with van der Waals surface area (Å²) in [5.74, 6) is 0.285. The van der Waals surface area contributed by atoms with Crippen LogP contribution in [0.2, 0.25) is 0 Å². The molecule has 2 aliphatic rings. The molecular formula is C21H27N3O3. The van der Waals surface area contributed by atoms with Crippen molar-refractivity contribution in [3.05, 3.63) is 52.8 Å². The number of aromatic nitrogens is 2. The largest absolute Gasteiger partial charge is 0.396 e. The topological polar surface area (TPSA) is 67.6 Å². The number of fused-ring (bicyclic) bond motifs is 1. The Morgan fingerprint density at radius 1 is 1.30 bits per heavy atom. The predicted molar refractivity (Wildman–Crippen MR) is 102 cm³/mol. The molecule has 1 aromatic carbocycles. The molecule has 2 aromatic rings. The minimum Gasteiger partial charge on any atom is -0.396 e. The van der Waals surface area contributed by atoms with E-state index in [1.165, 1.54) is 0 Å². The molecule has 3 atom stereocenters. The highest BCUT2D eigenvalue weighted by Gasteiger charge is 2.42. The van der Waals surface area contributed by atoms with Crippen molar-refractivity contribution in [2.75, 3.05) is 19.8 Å². The summed E-state index contributed by atoms with van der Waals surface area (Å²) in [6.45, 7) is 6.02. The molecule has 1 aliphatic carbocycles. The smallest absolute Gasteiger partial charge is 0.254 e. The van der Waals surface area contributed by atoms with E-state index in [1.54, 1.807) is 0 Å². The number of hydrogen-bond acceptors (Lipinski definition) is 4. The zero-order valence-electron chi connectivity index (χ0n) is 16.0. The molecule has 144 valence electrons. The maximum absolute atomic E-state index is 13.2. The Hall–Kier alpha value is -2.18. The van der Waals surface area contributed by atoms with E-state index in [2.05, 4.69) is 11.2 Å². The van der Waals surface area contributed by atoms with Crippen LogP contribution < -0.4 is 0 Å². The molecule has 1 aromatic heterocycles. The number of aliphatic hydroxyl groups is 1. The quantitative estimate of drug-likeness (QED) is 0.897. The van der Waals surface area contributed by atoms with Gasteiger partial charge in [0.1, 0.15) is 0 Å². The van der Waals surface area contributed by atoms with E-state index in [-0.39, 0.29) is 30.6 Å². The average molecular weight is 369 g/mol. The summed E-state index contributed by atoms with van der Waals surface area (Å²) in [5.41, 5.74) is 3.89. The summed E-state index contributed by atoms with van der Waals surface area (Å²) >= 11 is 0. The lowest BCUT2D eigenvalue weighted by Crippen LogP contribution is -2.51. The molecule has 0 spiro atoms. The second-order valence-corrected chi connectivity index (χ2v) is 7.78. The van der Waals surface area contributed by atoms with Crippen molar-refractivity contribution in [2.45, 2.75) is 45.4 Å². The number of aliphatic hydroxyl groups excluding tert-OH is 1. The van der Waals surface area contributed by atoms with Gasteiger partial charge in [0.2, 0.25) is 0 Å². The van der Waals surface area contributed by atoms with Crippen LogP contribution in [0.25, 0.3) is 0 Å². The van der Waals surface area contributed by atoms with Crippen LogP contribution in [-0.2, 0) is 11.3 Å². The van der Waals surface area contributed by atoms with Crippen LogP contribution in [0.3, 0.4) is 0 Å². The fourth-order valence-electron chi connectivity index (χ4n) is 4.43. The number of aryl methyl sites for hydroxylation is 2. The molecule has 2 heterocycles. The molecule has 1 saturated carbocycles. The summed E-state index contributed by atoms with van der Waals surface area (Å²) in [7, 11) is 0. The lowest BCUT2D eigenvalue weighted by Gasteiger charge is -2.37. The summed E-state index contributed by atoms with van der Waals surface area (Å²) in [6, 6.07) is 9.96. The van der Waals surface area contributed by atoms with Crippen molar-refractivity contribution in [1.82, 2.24) is 14.7 Å². The van der Waals surface area contributed by atoms with Gasteiger partial charge in [0, 0.05) is 24.4 Å². The van der Waals surface area contributed by atoms with Crippen LogP contribution in [0.4, 0.5) is 0 Å². The number of rotatable bonds is 4. The van der Waals surface area contributed by atoms with Crippen LogP contribution in [-0.4, -0.2) is 57.6 Å². The number of ether oxygens (including phenoxy) is 1. The first-order valence-electron chi connectivity index (χ1n) is 9.68. The van der Waals surface area contributed by atoms with Crippen molar-refractivity contribution in [3.8, 4) is 0 Å². The summed E-state index contributed by atoms with van der Waals surface area (Å²) < 4.78 is 7.82. The summed E-state index contributed by atoms with van der Waals surface area (Å²) in [4.78, 5) is 15.1. The standard InChI is InChI=1S/C21H27N3O3/c1-14-8-15(2)24(22-14)12-16-4-3-5-18(9-16)21(26)23-6-7-27-20-11-17(13-25)10-19(20)23/h3-5,8-9,17,19-20,25H,6-7,10-13H2,1-2H3/t17-,19+,20?/m1/s1. The maximum atomic E-state index is 13.2. The van der Waals surface area contributed by atoms with Crippen LogP contribution in [0, 0.1) is 19.8 Å². The molecule has 1 aliphatic heterocycles. The van der Waals surface area contributed by atoms with Crippen molar-refractivity contribution < 1.29 is 14.6 Å². The lowest BCUT2D eigenvalue weighted by molar-refractivity contribution is -0.0448. The van der Waals surface area contributed by atoms with E-state index < -0.39 is 0 Å². The highest BCUT2D eigenvalue weighted by atomic mass is 16.5. The summed E-state index contributed by atoms with van der Waals surface area (Å²) in [6.07, 6.45) is 1.71. The Kier molecular flexibility index (Phi) is 5.02.